The van der Waals surface area contributed by atoms with Crippen molar-refractivity contribution in [2.45, 2.75) is 18.9 Å². The van der Waals surface area contributed by atoms with Crippen molar-refractivity contribution in [1.29, 1.82) is 0 Å². The maximum atomic E-state index is 13.4. The fraction of sp³-hybridized carbons (Fsp3) is 0.333. The Bertz CT molecular complexity index is 792. The predicted molar refractivity (Wildman–Crippen MR) is 82.3 cm³/mol. The lowest BCUT2D eigenvalue weighted by atomic mass is 10.1. The van der Waals surface area contributed by atoms with Gasteiger partial charge in [-0.1, -0.05) is 0 Å². The van der Waals surface area contributed by atoms with E-state index in [-0.39, 0.29) is 17.3 Å². The summed E-state index contributed by atoms with van der Waals surface area (Å²) in [5.41, 5.74) is 0.257. The number of ether oxygens (including phenoxy) is 1. The summed E-state index contributed by atoms with van der Waals surface area (Å²) in [5.74, 6) is -1.23. The van der Waals surface area contributed by atoms with Crippen molar-refractivity contribution in [3.63, 3.8) is 0 Å². The van der Waals surface area contributed by atoms with Gasteiger partial charge in [0, 0.05) is 31.9 Å². The number of nitrogens with zero attached hydrogens (tertiary/aromatic N) is 4. The monoisotopic (exact) mass is 334 g/mol. The molecule has 1 aromatic heterocycles. The predicted octanol–water partition coefficient (Wildman–Crippen LogP) is 2.04. The van der Waals surface area contributed by atoms with E-state index in [1.807, 2.05) is 0 Å². The molecule has 126 valence electrons. The van der Waals surface area contributed by atoms with Gasteiger partial charge in [0.15, 0.2) is 6.10 Å². The molecular formula is C15H15FN4O4. The second kappa shape index (κ2) is 6.26. The molecule has 0 bridgehead atoms. The Morgan fingerprint density at radius 2 is 2.25 bits per heavy atom. The van der Waals surface area contributed by atoms with E-state index in [9.17, 15) is 19.3 Å². The second-order valence-electron chi connectivity index (χ2n) is 5.48. The molecule has 0 saturated carbocycles. The van der Waals surface area contributed by atoms with Crippen LogP contribution >= 0.6 is 0 Å². The summed E-state index contributed by atoms with van der Waals surface area (Å²) < 4.78 is 20.5. The van der Waals surface area contributed by atoms with Crippen molar-refractivity contribution >= 4 is 17.3 Å². The molecule has 0 N–H and O–H groups in total. The topological polar surface area (TPSA) is 90.5 Å². The van der Waals surface area contributed by atoms with Crippen LogP contribution in [0.25, 0.3) is 0 Å². The highest BCUT2D eigenvalue weighted by molar-refractivity contribution is 5.97. The third-order valence-electron chi connectivity index (χ3n) is 3.78. The van der Waals surface area contributed by atoms with Gasteiger partial charge in [0.1, 0.15) is 5.82 Å². The van der Waals surface area contributed by atoms with Crippen LogP contribution in [0.2, 0.25) is 0 Å². The van der Waals surface area contributed by atoms with Gasteiger partial charge in [-0.25, -0.2) is 4.39 Å². The quantitative estimate of drug-likeness (QED) is 0.630. The molecule has 1 saturated heterocycles. The van der Waals surface area contributed by atoms with Gasteiger partial charge in [-0.2, -0.15) is 5.10 Å². The van der Waals surface area contributed by atoms with Crippen LogP contribution in [-0.4, -0.2) is 33.3 Å². The van der Waals surface area contributed by atoms with Gasteiger partial charge in [-0.05, 0) is 18.9 Å². The first-order chi connectivity index (χ1) is 11.5. The number of nitro benzene ring substituents is 1. The van der Waals surface area contributed by atoms with Gasteiger partial charge < -0.3 is 9.64 Å². The Labute approximate surface area is 136 Å². The minimum absolute atomic E-state index is 0.244. The van der Waals surface area contributed by atoms with Gasteiger partial charge in [0.05, 0.1) is 16.8 Å². The zero-order valence-corrected chi connectivity index (χ0v) is 12.9. The summed E-state index contributed by atoms with van der Waals surface area (Å²) in [6, 6.07) is 2.93. The fourth-order valence-corrected chi connectivity index (χ4v) is 2.64. The van der Waals surface area contributed by atoms with Crippen molar-refractivity contribution in [1.82, 2.24) is 9.78 Å². The maximum Gasteiger partial charge on any atom is 0.311 e. The number of aryl methyl sites for hydroxylation is 1. The standard InChI is InChI=1S/C15H15FN4O4/c1-18-9-11(8-17-18)19-6-2-3-13(15(19)21)24-14-7-10(16)4-5-12(14)20(22)23/h4-5,7-9,13H,2-3,6H2,1H3/t13-/m1/s1. The van der Waals surface area contributed by atoms with Gasteiger partial charge in [0.2, 0.25) is 5.75 Å². The minimum Gasteiger partial charge on any atom is -0.473 e. The molecule has 1 aliphatic heterocycles. The van der Waals surface area contributed by atoms with E-state index in [2.05, 4.69) is 5.10 Å². The van der Waals surface area contributed by atoms with Gasteiger partial charge in [-0.15, -0.1) is 0 Å². The van der Waals surface area contributed by atoms with Gasteiger partial charge >= 0.3 is 5.69 Å². The van der Waals surface area contributed by atoms with Gasteiger partial charge in [0.25, 0.3) is 5.91 Å². The zero-order valence-electron chi connectivity index (χ0n) is 12.9. The molecule has 2 aromatic rings. The highest BCUT2D eigenvalue weighted by Crippen LogP contribution is 2.31. The number of anilines is 1. The number of hydrogen-bond acceptors (Lipinski definition) is 5. The third kappa shape index (κ3) is 3.05. The van der Waals surface area contributed by atoms with E-state index in [1.165, 1.54) is 4.90 Å². The average molecular weight is 334 g/mol. The first-order valence-electron chi connectivity index (χ1n) is 7.36. The molecule has 1 amide bonds. The molecule has 9 heteroatoms. The molecule has 1 fully saturated rings. The molecule has 1 aliphatic rings. The number of amides is 1. The summed E-state index contributed by atoms with van der Waals surface area (Å²) >= 11 is 0. The number of benzene rings is 1. The number of aromatic nitrogens is 2. The lowest BCUT2D eigenvalue weighted by Gasteiger charge is -2.31. The Morgan fingerprint density at radius 3 is 2.92 bits per heavy atom. The number of rotatable bonds is 4. The second-order valence-corrected chi connectivity index (χ2v) is 5.48. The Hall–Kier alpha value is -2.97. The Balaban J connectivity index is 1.84. The number of piperidine rings is 1. The van der Waals surface area contributed by atoms with Crippen LogP contribution in [0.5, 0.6) is 5.75 Å². The van der Waals surface area contributed by atoms with E-state index in [1.54, 1.807) is 24.1 Å². The third-order valence-corrected chi connectivity index (χ3v) is 3.78. The van der Waals surface area contributed by atoms with Crippen molar-refractivity contribution in [3.05, 3.63) is 46.5 Å². The van der Waals surface area contributed by atoms with E-state index >= 15 is 0 Å². The van der Waals surface area contributed by atoms with E-state index in [0.29, 0.717) is 25.1 Å². The number of hydrogen-bond donors (Lipinski definition) is 0. The van der Waals surface area contributed by atoms with Gasteiger partial charge in [-0.3, -0.25) is 19.6 Å². The number of nitro groups is 1. The molecule has 8 nitrogen and oxygen atoms in total. The highest BCUT2D eigenvalue weighted by atomic mass is 19.1. The molecule has 0 radical (unpaired) electrons. The van der Waals surface area contributed by atoms with Crippen molar-refractivity contribution < 1.29 is 18.8 Å². The van der Waals surface area contributed by atoms with E-state index in [4.69, 9.17) is 4.74 Å². The first-order valence-corrected chi connectivity index (χ1v) is 7.36. The Morgan fingerprint density at radius 1 is 1.46 bits per heavy atom. The smallest absolute Gasteiger partial charge is 0.311 e. The number of carbonyl (C=O) groups excluding carboxylic acids is 1. The fourth-order valence-electron chi connectivity index (χ4n) is 2.64. The molecule has 1 aromatic carbocycles. The molecule has 0 aliphatic carbocycles. The largest absolute Gasteiger partial charge is 0.473 e. The van der Waals surface area contributed by atoms with Crippen molar-refractivity contribution in [3.8, 4) is 5.75 Å². The summed E-state index contributed by atoms with van der Waals surface area (Å²) in [7, 11) is 1.74. The molecule has 1 atom stereocenters. The zero-order chi connectivity index (χ0) is 17.3. The van der Waals surface area contributed by atoms with Crippen molar-refractivity contribution in [2.75, 3.05) is 11.4 Å². The van der Waals surface area contributed by atoms with Crippen LogP contribution in [-0.2, 0) is 11.8 Å². The normalized spacial score (nSPS) is 17.8. The highest BCUT2D eigenvalue weighted by Gasteiger charge is 2.33. The average Bonchev–Trinajstić information content (AvgIpc) is 2.95. The van der Waals surface area contributed by atoms with E-state index < -0.39 is 16.8 Å². The van der Waals surface area contributed by atoms with Crippen LogP contribution in [0.15, 0.2) is 30.6 Å². The Kier molecular flexibility index (Phi) is 4.15. The summed E-state index contributed by atoms with van der Waals surface area (Å²) in [6.45, 7) is 0.510. The van der Waals surface area contributed by atoms with Crippen LogP contribution in [0.1, 0.15) is 12.8 Å². The number of carbonyl (C=O) groups is 1. The van der Waals surface area contributed by atoms with Crippen molar-refractivity contribution in [2.24, 2.45) is 7.05 Å². The minimum atomic E-state index is -0.903. The molecule has 3 rings (SSSR count). The van der Waals surface area contributed by atoms with E-state index in [0.717, 1.165) is 18.2 Å². The summed E-state index contributed by atoms with van der Waals surface area (Å²) in [6.07, 6.45) is 3.42. The van der Waals surface area contributed by atoms with Crippen LogP contribution in [0.3, 0.4) is 0 Å². The maximum absolute atomic E-state index is 13.4. The molecular weight excluding hydrogens is 319 g/mol. The van der Waals surface area contributed by atoms with Crippen LogP contribution < -0.4 is 9.64 Å². The number of halogens is 1. The molecule has 0 unspecified atom stereocenters. The molecule has 2 heterocycles. The summed E-state index contributed by atoms with van der Waals surface area (Å²) in [5, 5.41) is 15.1. The summed E-state index contributed by atoms with van der Waals surface area (Å²) in [4.78, 5) is 24.5. The SMILES string of the molecule is Cn1cc(N2CCC[C@@H](Oc3cc(F)ccc3[N+](=O)[O-])C2=O)cn1. The first kappa shape index (κ1) is 15.9. The van der Waals surface area contributed by atoms with Crippen LogP contribution in [0.4, 0.5) is 15.8 Å². The molecule has 0 spiro atoms. The van der Waals surface area contributed by atoms with Crippen LogP contribution in [0, 0.1) is 15.9 Å². The molecule has 24 heavy (non-hydrogen) atoms. The lowest BCUT2D eigenvalue weighted by Crippen LogP contribution is -2.46. The lowest BCUT2D eigenvalue weighted by molar-refractivity contribution is -0.386.